The quantitative estimate of drug-likeness (QED) is 0.177. The Morgan fingerprint density at radius 2 is 1.50 bits per heavy atom. The van der Waals surface area contributed by atoms with Crippen LogP contribution in [0.1, 0.15) is 83.1 Å². The zero-order valence-corrected chi connectivity index (χ0v) is 17.9. The van der Waals surface area contributed by atoms with E-state index < -0.39 is 0 Å². The lowest BCUT2D eigenvalue weighted by Crippen LogP contribution is -2.12. The van der Waals surface area contributed by atoms with Crippen molar-refractivity contribution in [3.8, 4) is 0 Å². The summed E-state index contributed by atoms with van der Waals surface area (Å²) in [6.45, 7) is 2.25. The normalized spacial score (nSPS) is 18.7. The predicted molar refractivity (Wildman–Crippen MR) is 119 cm³/mol. The molecule has 4 heteroatoms. The molecule has 0 saturated heterocycles. The highest BCUT2D eigenvalue weighted by Crippen LogP contribution is 2.32. The van der Waals surface area contributed by atoms with Crippen LogP contribution >= 0.6 is 11.8 Å². The third kappa shape index (κ3) is 7.12. The number of benzene rings is 1. The van der Waals surface area contributed by atoms with Crippen LogP contribution < -0.4 is 0 Å². The van der Waals surface area contributed by atoms with Gasteiger partial charge in [-0.1, -0.05) is 95.0 Å². The number of rotatable bonds is 13. The van der Waals surface area contributed by atoms with E-state index in [0.29, 0.717) is 5.56 Å². The number of hydrogen-bond acceptors (Lipinski definition) is 4. The van der Waals surface area contributed by atoms with Crippen molar-refractivity contribution in [1.82, 2.24) is 0 Å². The number of unbranched alkanes of at least 4 members (excludes halogenated alkanes) is 9. The van der Waals surface area contributed by atoms with Crippen LogP contribution in [0.4, 0.5) is 0 Å². The zero-order chi connectivity index (χ0) is 20.2. The molecule has 1 N–H and O–H groups in total. The molecule has 0 aliphatic heterocycles. The summed E-state index contributed by atoms with van der Waals surface area (Å²) in [5.74, 6) is 0.299. The molecular weight excluding hydrogens is 368 g/mol. The third-order valence-electron chi connectivity index (χ3n) is 5.29. The van der Waals surface area contributed by atoms with Crippen molar-refractivity contribution in [3.05, 3.63) is 41.5 Å². The van der Waals surface area contributed by atoms with Gasteiger partial charge in [0.1, 0.15) is 11.3 Å². The molecule has 1 unspecified atom stereocenters. The molecular formula is C24H34O3S. The molecule has 1 saturated carbocycles. The van der Waals surface area contributed by atoms with Gasteiger partial charge in [-0.05, 0) is 12.2 Å². The molecule has 1 aliphatic carbocycles. The van der Waals surface area contributed by atoms with Crippen LogP contribution in [0.25, 0.3) is 5.76 Å². The maximum atomic E-state index is 12.6. The summed E-state index contributed by atoms with van der Waals surface area (Å²) in [7, 11) is 0. The Kier molecular flexibility index (Phi) is 10.4. The molecule has 1 aromatic carbocycles. The minimum absolute atomic E-state index is 0.00762. The van der Waals surface area contributed by atoms with Crippen LogP contribution in [0.5, 0.6) is 0 Å². The number of thioether (sulfide) groups is 1. The summed E-state index contributed by atoms with van der Waals surface area (Å²) < 4.78 is 0. The summed E-state index contributed by atoms with van der Waals surface area (Å²) in [6.07, 6.45) is 13.1. The van der Waals surface area contributed by atoms with Gasteiger partial charge in [0, 0.05) is 12.0 Å². The lowest BCUT2D eigenvalue weighted by atomic mass is 10.1. The van der Waals surface area contributed by atoms with Crippen molar-refractivity contribution >= 4 is 29.1 Å². The largest absolute Gasteiger partial charge is 0.506 e. The van der Waals surface area contributed by atoms with E-state index >= 15 is 0 Å². The molecule has 0 radical (unpaired) electrons. The highest BCUT2D eigenvalue weighted by atomic mass is 32.2. The minimum Gasteiger partial charge on any atom is -0.506 e. The van der Waals surface area contributed by atoms with Gasteiger partial charge in [-0.2, -0.15) is 0 Å². The van der Waals surface area contributed by atoms with Gasteiger partial charge < -0.3 is 5.11 Å². The molecule has 0 heterocycles. The lowest BCUT2D eigenvalue weighted by molar-refractivity contribution is -0.116. The Labute approximate surface area is 174 Å². The Balaban J connectivity index is 1.65. The number of aliphatic hydroxyl groups excluding tert-OH is 1. The Bertz CT molecular complexity index is 651. The molecule has 0 aromatic heterocycles. The second-order valence-corrected chi connectivity index (χ2v) is 8.93. The summed E-state index contributed by atoms with van der Waals surface area (Å²) >= 11 is 1.57. The van der Waals surface area contributed by atoms with Gasteiger partial charge in [-0.3, -0.25) is 9.59 Å². The molecule has 154 valence electrons. The molecule has 0 bridgehead atoms. The Morgan fingerprint density at radius 3 is 2.11 bits per heavy atom. The van der Waals surface area contributed by atoms with Gasteiger partial charge in [0.2, 0.25) is 0 Å². The summed E-state index contributed by atoms with van der Waals surface area (Å²) in [6, 6.07) is 8.84. The molecule has 3 nitrogen and oxygen atoms in total. The van der Waals surface area contributed by atoms with Gasteiger partial charge in [-0.15, -0.1) is 11.8 Å². The molecule has 0 amide bonds. The van der Waals surface area contributed by atoms with Crippen molar-refractivity contribution in [2.75, 3.05) is 5.75 Å². The third-order valence-corrected chi connectivity index (χ3v) is 6.60. The maximum Gasteiger partial charge on any atom is 0.183 e. The van der Waals surface area contributed by atoms with Gasteiger partial charge in [-0.25, -0.2) is 0 Å². The van der Waals surface area contributed by atoms with Crippen LogP contribution in [-0.2, 0) is 9.59 Å². The standard InChI is InChI=1S/C24H34O3S/c1-2-3-4-5-6-7-8-9-10-14-17-28-21-18-20(25)22(24(21)27)23(26)19-15-12-11-13-16-19/h11-13,15-16,21,26H,2-10,14,17-18H2,1H3/b23-22+. The van der Waals surface area contributed by atoms with E-state index in [2.05, 4.69) is 6.92 Å². The highest BCUT2D eigenvalue weighted by Gasteiger charge is 2.39. The van der Waals surface area contributed by atoms with Gasteiger partial charge in [0.25, 0.3) is 0 Å². The number of Topliss-reactive ketones (excluding diaryl/α,β-unsaturated/α-hetero) is 2. The van der Waals surface area contributed by atoms with Gasteiger partial charge in [0.15, 0.2) is 11.6 Å². The SMILES string of the molecule is CCCCCCCCCCCCSC1CC(=O)/C(=C(\O)c2ccccc2)C1=O. The van der Waals surface area contributed by atoms with E-state index in [9.17, 15) is 14.7 Å². The zero-order valence-electron chi connectivity index (χ0n) is 17.1. The van der Waals surface area contributed by atoms with Crippen LogP contribution in [-0.4, -0.2) is 27.7 Å². The van der Waals surface area contributed by atoms with E-state index in [1.807, 2.05) is 6.07 Å². The second kappa shape index (κ2) is 12.8. The monoisotopic (exact) mass is 402 g/mol. The Hall–Kier alpha value is -1.55. The topological polar surface area (TPSA) is 54.4 Å². The number of hydrogen-bond donors (Lipinski definition) is 1. The van der Waals surface area contributed by atoms with Crippen molar-refractivity contribution in [2.45, 2.75) is 82.8 Å². The first-order valence-corrected chi connectivity index (χ1v) is 11.9. The number of carbonyl (C=O) groups excluding carboxylic acids is 2. The molecule has 1 fully saturated rings. The molecule has 1 atom stereocenters. The summed E-state index contributed by atoms with van der Waals surface area (Å²) in [5.41, 5.74) is 0.520. The van der Waals surface area contributed by atoms with E-state index in [1.54, 1.807) is 36.0 Å². The predicted octanol–water partition coefficient (Wildman–Crippen LogP) is 6.52. The molecule has 2 rings (SSSR count). The van der Waals surface area contributed by atoms with Crippen LogP contribution in [0.15, 0.2) is 35.9 Å². The van der Waals surface area contributed by atoms with Crippen LogP contribution in [0, 0.1) is 0 Å². The fourth-order valence-electron chi connectivity index (χ4n) is 3.60. The fraction of sp³-hybridized carbons (Fsp3) is 0.583. The van der Waals surface area contributed by atoms with Crippen molar-refractivity contribution in [1.29, 1.82) is 0 Å². The molecule has 0 spiro atoms. The van der Waals surface area contributed by atoms with Crippen LogP contribution in [0.3, 0.4) is 0 Å². The highest BCUT2D eigenvalue weighted by molar-refractivity contribution is 8.00. The minimum atomic E-state index is -0.327. The Morgan fingerprint density at radius 1 is 0.929 bits per heavy atom. The van der Waals surface area contributed by atoms with Crippen molar-refractivity contribution in [3.63, 3.8) is 0 Å². The van der Waals surface area contributed by atoms with Gasteiger partial charge in [0.05, 0.1) is 5.25 Å². The summed E-state index contributed by atoms with van der Waals surface area (Å²) in [4.78, 5) is 24.8. The number of ketones is 2. The first-order valence-electron chi connectivity index (χ1n) is 10.8. The fourth-order valence-corrected chi connectivity index (χ4v) is 4.79. The van der Waals surface area contributed by atoms with Crippen molar-refractivity contribution in [2.24, 2.45) is 0 Å². The number of allylic oxidation sites excluding steroid dienone is 1. The molecule has 1 aromatic rings. The smallest absolute Gasteiger partial charge is 0.183 e. The van der Waals surface area contributed by atoms with Crippen molar-refractivity contribution < 1.29 is 14.7 Å². The van der Waals surface area contributed by atoms with Crippen LogP contribution in [0.2, 0.25) is 0 Å². The summed E-state index contributed by atoms with van der Waals surface area (Å²) in [5, 5.41) is 10.0. The van der Waals surface area contributed by atoms with Gasteiger partial charge >= 0.3 is 0 Å². The molecule has 1 aliphatic rings. The molecule has 28 heavy (non-hydrogen) atoms. The first-order chi connectivity index (χ1) is 13.6. The number of carbonyl (C=O) groups is 2. The lowest BCUT2D eigenvalue weighted by Gasteiger charge is -2.07. The first kappa shape index (κ1) is 22.7. The second-order valence-electron chi connectivity index (χ2n) is 7.62. The number of aliphatic hydroxyl groups is 1. The average molecular weight is 403 g/mol. The maximum absolute atomic E-state index is 12.6. The van der Waals surface area contributed by atoms with E-state index in [4.69, 9.17) is 0 Å². The van der Waals surface area contributed by atoms with E-state index in [1.165, 1.54) is 57.8 Å². The van der Waals surface area contributed by atoms with E-state index in [0.717, 1.165) is 12.2 Å². The van der Waals surface area contributed by atoms with E-state index in [-0.39, 0.29) is 34.6 Å². The average Bonchev–Trinajstić information content (AvgIpc) is 2.99.